The van der Waals surface area contributed by atoms with Gasteiger partial charge in [0, 0.05) is 37.7 Å². The molecule has 0 bridgehead atoms. The van der Waals surface area contributed by atoms with Crippen LogP contribution in [-0.2, 0) is 25.8 Å². The van der Waals surface area contributed by atoms with Crippen LogP contribution in [0.15, 0.2) is 14.0 Å². The lowest BCUT2D eigenvalue weighted by Gasteiger charge is -2.12. The Kier molecular flexibility index (Phi) is 7.03. The van der Waals surface area contributed by atoms with Gasteiger partial charge in [-0.3, -0.25) is 4.99 Å². The Morgan fingerprint density at radius 3 is 2.44 bits per heavy atom. The second kappa shape index (κ2) is 9.25. The fourth-order valence-corrected chi connectivity index (χ4v) is 2.86. The lowest BCUT2D eigenvalue weighted by molar-refractivity contribution is 0.380. The third-order valence-corrected chi connectivity index (χ3v) is 4.34. The number of hydrogen-bond acceptors (Lipinski definition) is 5. The van der Waals surface area contributed by atoms with E-state index in [1.807, 2.05) is 13.8 Å². The predicted molar refractivity (Wildman–Crippen MR) is 97.8 cm³/mol. The van der Waals surface area contributed by atoms with Gasteiger partial charge in [0.25, 0.3) is 0 Å². The molecule has 0 spiro atoms. The first kappa shape index (κ1) is 19.0. The lowest BCUT2D eigenvalue weighted by atomic mass is 10.1. The predicted octanol–water partition coefficient (Wildman–Crippen LogP) is 2.70. The molecule has 2 rings (SSSR count). The van der Waals surface area contributed by atoms with E-state index in [2.05, 4.69) is 39.8 Å². The van der Waals surface area contributed by atoms with Crippen molar-refractivity contribution in [2.24, 2.45) is 4.99 Å². The standard InChI is InChI=1S/C18H29N5O2/c1-6-16-15(17(7-2)25-23-16)11-21-18(19-5)20-10-8-9-14-12(3)22-24-13(14)4/h6-11H2,1-5H3,(H2,19,20,21). The van der Waals surface area contributed by atoms with Gasteiger partial charge in [0.15, 0.2) is 5.96 Å². The van der Waals surface area contributed by atoms with E-state index in [1.165, 1.54) is 5.56 Å². The van der Waals surface area contributed by atoms with Crippen molar-refractivity contribution in [2.45, 2.75) is 59.9 Å². The van der Waals surface area contributed by atoms with Gasteiger partial charge in [0.2, 0.25) is 0 Å². The maximum Gasteiger partial charge on any atom is 0.191 e. The summed E-state index contributed by atoms with van der Waals surface area (Å²) in [6.07, 6.45) is 3.63. The number of aromatic nitrogens is 2. The Labute approximate surface area is 149 Å². The average molecular weight is 347 g/mol. The Bertz CT molecular complexity index is 661. The van der Waals surface area contributed by atoms with E-state index < -0.39 is 0 Å². The second-order valence-corrected chi connectivity index (χ2v) is 6.00. The number of nitrogens with one attached hydrogen (secondary N) is 2. The monoisotopic (exact) mass is 347 g/mol. The zero-order chi connectivity index (χ0) is 18.2. The van der Waals surface area contributed by atoms with Crippen molar-refractivity contribution in [3.63, 3.8) is 0 Å². The summed E-state index contributed by atoms with van der Waals surface area (Å²) in [7, 11) is 1.78. The molecule has 0 aliphatic rings. The minimum absolute atomic E-state index is 0.666. The van der Waals surface area contributed by atoms with Gasteiger partial charge >= 0.3 is 0 Å². The van der Waals surface area contributed by atoms with Crippen LogP contribution >= 0.6 is 0 Å². The summed E-state index contributed by atoms with van der Waals surface area (Å²) in [6, 6.07) is 0. The Morgan fingerprint density at radius 2 is 1.84 bits per heavy atom. The van der Waals surface area contributed by atoms with E-state index in [0.29, 0.717) is 6.54 Å². The van der Waals surface area contributed by atoms with Crippen LogP contribution in [0.1, 0.15) is 54.3 Å². The summed E-state index contributed by atoms with van der Waals surface area (Å²) in [4.78, 5) is 4.28. The molecule has 0 atom stereocenters. The zero-order valence-electron chi connectivity index (χ0n) is 15.9. The van der Waals surface area contributed by atoms with Crippen LogP contribution in [0.2, 0.25) is 0 Å². The first-order chi connectivity index (χ1) is 12.1. The molecule has 2 aromatic rings. The minimum Gasteiger partial charge on any atom is -0.361 e. The normalized spacial score (nSPS) is 11.8. The van der Waals surface area contributed by atoms with Gasteiger partial charge in [-0.2, -0.15) is 0 Å². The van der Waals surface area contributed by atoms with Crippen LogP contribution in [0.4, 0.5) is 0 Å². The quantitative estimate of drug-likeness (QED) is 0.434. The SMILES string of the molecule is CCc1noc(CC)c1CNC(=NC)NCCCc1c(C)noc1C. The molecule has 2 heterocycles. The van der Waals surface area contributed by atoms with Crippen molar-refractivity contribution < 1.29 is 9.05 Å². The smallest absolute Gasteiger partial charge is 0.191 e. The molecule has 0 radical (unpaired) electrons. The highest BCUT2D eigenvalue weighted by Gasteiger charge is 2.13. The number of guanidine groups is 1. The number of aryl methyl sites for hydroxylation is 4. The average Bonchev–Trinajstić information content (AvgIpc) is 3.17. The molecule has 0 saturated heterocycles. The fourth-order valence-electron chi connectivity index (χ4n) is 2.86. The molecule has 0 amide bonds. The first-order valence-corrected chi connectivity index (χ1v) is 8.93. The Hall–Kier alpha value is -2.31. The molecule has 0 fully saturated rings. The van der Waals surface area contributed by atoms with Gasteiger partial charge in [-0.05, 0) is 33.1 Å². The van der Waals surface area contributed by atoms with Crippen molar-refractivity contribution in [1.82, 2.24) is 20.9 Å². The van der Waals surface area contributed by atoms with Gasteiger partial charge in [-0.1, -0.05) is 24.2 Å². The van der Waals surface area contributed by atoms with E-state index in [0.717, 1.165) is 66.7 Å². The van der Waals surface area contributed by atoms with Crippen LogP contribution in [0.5, 0.6) is 0 Å². The van der Waals surface area contributed by atoms with Crippen LogP contribution in [0, 0.1) is 13.8 Å². The third-order valence-electron chi connectivity index (χ3n) is 4.34. The van der Waals surface area contributed by atoms with Crippen molar-refractivity contribution in [2.75, 3.05) is 13.6 Å². The molecule has 0 unspecified atom stereocenters. The molecule has 25 heavy (non-hydrogen) atoms. The molecule has 7 heteroatoms. The van der Waals surface area contributed by atoms with E-state index in [4.69, 9.17) is 9.05 Å². The topological polar surface area (TPSA) is 88.5 Å². The molecule has 2 N–H and O–H groups in total. The molecule has 0 aromatic carbocycles. The molecular formula is C18H29N5O2. The highest BCUT2D eigenvalue weighted by molar-refractivity contribution is 5.79. The summed E-state index contributed by atoms with van der Waals surface area (Å²) < 4.78 is 10.6. The van der Waals surface area contributed by atoms with E-state index >= 15 is 0 Å². The number of nitrogens with zero attached hydrogens (tertiary/aromatic N) is 3. The van der Waals surface area contributed by atoms with Crippen molar-refractivity contribution in [3.8, 4) is 0 Å². The third kappa shape index (κ3) is 4.84. The summed E-state index contributed by atoms with van der Waals surface area (Å²) in [5.74, 6) is 2.63. The van der Waals surface area contributed by atoms with Gasteiger partial charge in [-0.25, -0.2) is 0 Å². The minimum atomic E-state index is 0.666. The largest absolute Gasteiger partial charge is 0.361 e. The second-order valence-electron chi connectivity index (χ2n) is 6.00. The molecule has 138 valence electrons. The van der Waals surface area contributed by atoms with Crippen molar-refractivity contribution >= 4 is 5.96 Å². The zero-order valence-corrected chi connectivity index (χ0v) is 15.9. The van der Waals surface area contributed by atoms with Gasteiger partial charge in [0.05, 0.1) is 11.4 Å². The van der Waals surface area contributed by atoms with Gasteiger partial charge in [0.1, 0.15) is 11.5 Å². The van der Waals surface area contributed by atoms with Gasteiger partial charge < -0.3 is 19.7 Å². The molecule has 0 saturated carbocycles. The van der Waals surface area contributed by atoms with Crippen LogP contribution in [0.25, 0.3) is 0 Å². The molecule has 0 aliphatic carbocycles. The highest BCUT2D eigenvalue weighted by Crippen LogP contribution is 2.15. The molecule has 0 aliphatic heterocycles. The highest BCUT2D eigenvalue weighted by atomic mass is 16.5. The number of aliphatic imine (C=N–C) groups is 1. The van der Waals surface area contributed by atoms with Crippen LogP contribution in [0.3, 0.4) is 0 Å². The maximum atomic E-state index is 5.40. The first-order valence-electron chi connectivity index (χ1n) is 8.93. The van der Waals surface area contributed by atoms with E-state index in [-0.39, 0.29) is 0 Å². The molecular weight excluding hydrogens is 318 g/mol. The van der Waals surface area contributed by atoms with Crippen LogP contribution < -0.4 is 10.6 Å². The van der Waals surface area contributed by atoms with Crippen molar-refractivity contribution in [1.29, 1.82) is 0 Å². The van der Waals surface area contributed by atoms with Crippen LogP contribution in [-0.4, -0.2) is 29.9 Å². The number of rotatable bonds is 8. The van der Waals surface area contributed by atoms with Gasteiger partial charge in [-0.15, -0.1) is 0 Å². The fraction of sp³-hybridized carbons (Fsp3) is 0.611. The Balaban J connectivity index is 1.80. The summed E-state index contributed by atoms with van der Waals surface area (Å²) in [6.45, 7) is 9.59. The maximum absolute atomic E-state index is 5.40. The Morgan fingerprint density at radius 1 is 1.04 bits per heavy atom. The van der Waals surface area contributed by atoms with E-state index in [1.54, 1.807) is 7.05 Å². The van der Waals surface area contributed by atoms with E-state index in [9.17, 15) is 0 Å². The number of hydrogen-bond donors (Lipinski definition) is 2. The molecule has 2 aromatic heterocycles. The summed E-state index contributed by atoms with van der Waals surface area (Å²) in [5, 5.41) is 14.8. The molecule has 7 nitrogen and oxygen atoms in total. The summed E-state index contributed by atoms with van der Waals surface area (Å²) in [5.41, 5.74) is 4.34. The summed E-state index contributed by atoms with van der Waals surface area (Å²) >= 11 is 0. The lowest BCUT2D eigenvalue weighted by Crippen LogP contribution is -2.37. The van der Waals surface area contributed by atoms with Crippen molar-refractivity contribution in [3.05, 3.63) is 34.0 Å².